The van der Waals surface area contributed by atoms with E-state index in [-0.39, 0.29) is 60.1 Å². The van der Waals surface area contributed by atoms with E-state index in [1.54, 1.807) is 36.4 Å². The van der Waals surface area contributed by atoms with Crippen LogP contribution < -0.4 is 9.47 Å². The molecule has 6 rings (SSSR count). The van der Waals surface area contributed by atoms with Gasteiger partial charge >= 0.3 is 5.97 Å². The monoisotopic (exact) mass is 708 g/mol. The molecule has 11 nitrogen and oxygen atoms in total. The third-order valence-corrected chi connectivity index (χ3v) is 15.3. The van der Waals surface area contributed by atoms with Crippen molar-refractivity contribution < 1.29 is 38.3 Å². The second kappa shape index (κ2) is 14.3. The first-order valence-electron chi connectivity index (χ1n) is 17.2. The summed E-state index contributed by atoms with van der Waals surface area (Å²) in [4.78, 5) is 52.8. The minimum Gasteiger partial charge on any atom is -0.480 e. The van der Waals surface area contributed by atoms with Crippen LogP contribution >= 0.6 is 0 Å². The van der Waals surface area contributed by atoms with Gasteiger partial charge in [0.1, 0.15) is 23.8 Å². The van der Waals surface area contributed by atoms with Crippen LogP contribution in [-0.2, 0) is 20.6 Å². The molecule has 0 unspecified atom stereocenters. The van der Waals surface area contributed by atoms with E-state index in [4.69, 9.17) is 13.9 Å². The van der Waals surface area contributed by atoms with Gasteiger partial charge in [0.15, 0.2) is 14.1 Å². The molecule has 0 spiro atoms. The molecule has 1 amide bonds. The molecule has 51 heavy (non-hydrogen) atoms. The number of ketones is 1. The van der Waals surface area contributed by atoms with Crippen LogP contribution in [0.1, 0.15) is 56.1 Å². The van der Waals surface area contributed by atoms with Crippen molar-refractivity contribution in [3.63, 3.8) is 0 Å². The molecule has 1 fully saturated rings. The zero-order valence-electron chi connectivity index (χ0n) is 29.2. The number of carbonyl (C=O) groups is 3. The summed E-state index contributed by atoms with van der Waals surface area (Å²) >= 11 is 0. The fourth-order valence-electron chi connectivity index (χ4n) is 7.57. The lowest BCUT2D eigenvalue weighted by atomic mass is 9.78. The van der Waals surface area contributed by atoms with E-state index in [0.717, 1.165) is 18.1 Å². The van der Waals surface area contributed by atoms with Crippen LogP contribution in [0, 0.1) is 33.8 Å². The van der Waals surface area contributed by atoms with Gasteiger partial charge in [0.25, 0.3) is 5.69 Å². The number of β-lactam (4-membered cyclic amide) rings is 1. The van der Waals surface area contributed by atoms with E-state index in [2.05, 4.69) is 32.6 Å². The molecule has 3 aromatic carbocycles. The Labute approximate surface area is 297 Å². The van der Waals surface area contributed by atoms with Gasteiger partial charge in [-0.3, -0.25) is 19.7 Å². The third-order valence-electron chi connectivity index (χ3n) is 10.6. The Kier molecular flexibility index (Phi) is 9.99. The molecule has 4 atom stereocenters. The van der Waals surface area contributed by atoms with Crippen molar-refractivity contribution >= 4 is 31.7 Å². The van der Waals surface area contributed by atoms with Crippen molar-refractivity contribution in [2.75, 3.05) is 6.61 Å². The first-order chi connectivity index (χ1) is 24.5. The lowest BCUT2D eigenvalue weighted by Crippen LogP contribution is -2.65. The van der Waals surface area contributed by atoms with E-state index >= 15 is 0 Å². The van der Waals surface area contributed by atoms with E-state index in [0.29, 0.717) is 39.1 Å². The molecular weight excluding hydrogens is 669 g/mol. The number of carbonyl (C=O) groups excluding carboxylic acids is 3. The Hall–Kier alpha value is -5.09. The first kappa shape index (κ1) is 35.7. The van der Waals surface area contributed by atoms with Gasteiger partial charge in [-0.15, -0.1) is 0 Å². The van der Waals surface area contributed by atoms with E-state index in [1.807, 2.05) is 13.8 Å². The average Bonchev–Trinajstić information content (AvgIpc) is 3.56. The number of fused-ring (bicyclic) bond motifs is 4. The minimum absolute atomic E-state index is 0.0385. The molecule has 0 radical (unpaired) electrons. The molecule has 3 aliphatic rings. The number of aliphatic hydroxyl groups is 1. The number of nitrogens with zero attached hydrogens (tertiary/aromatic N) is 2. The maximum atomic E-state index is 13.8. The number of nitro groups is 1. The molecule has 1 saturated heterocycles. The maximum absolute atomic E-state index is 13.8. The second-order valence-corrected chi connectivity index (χ2v) is 17.8. The van der Waals surface area contributed by atoms with Crippen molar-refractivity contribution in [2.24, 2.45) is 11.8 Å². The van der Waals surface area contributed by atoms with Gasteiger partial charge in [0.2, 0.25) is 5.91 Å². The summed E-state index contributed by atoms with van der Waals surface area (Å²) in [6, 6.07) is 18.1. The molecule has 3 aromatic rings. The summed E-state index contributed by atoms with van der Waals surface area (Å²) in [6.45, 7) is 10.0. The summed E-state index contributed by atoms with van der Waals surface area (Å²) in [5.74, 6) is 4.73. The highest BCUT2D eigenvalue weighted by Gasteiger charge is 2.61. The summed E-state index contributed by atoms with van der Waals surface area (Å²) in [6.07, 6.45) is -0.352. The van der Waals surface area contributed by atoms with Crippen LogP contribution in [0.2, 0.25) is 18.1 Å². The molecule has 0 bridgehead atoms. The lowest BCUT2D eigenvalue weighted by Gasteiger charge is -2.49. The first-order valence-corrected chi connectivity index (χ1v) is 19.8. The highest BCUT2D eigenvalue weighted by Crippen LogP contribution is 2.49. The van der Waals surface area contributed by atoms with Crippen LogP contribution in [0.15, 0.2) is 71.9 Å². The van der Waals surface area contributed by atoms with E-state index in [9.17, 15) is 29.6 Å². The molecule has 2 heterocycles. The van der Waals surface area contributed by atoms with Crippen LogP contribution in [0.3, 0.4) is 0 Å². The summed E-state index contributed by atoms with van der Waals surface area (Å²) in [5.41, 5.74) is 3.32. The predicted octanol–water partition coefficient (Wildman–Crippen LogP) is 6.43. The Morgan fingerprint density at radius 1 is 1.02 bits per heavy atom. The van der Waals surface area contributed by atoms with Gasteiger partial charge in [-0.25, -0.2) is 4.79 Å². The maximum Gasteiger partial charge on any atom is 0.361 e. The highest BCUT2D eigenvalue weighted by molar-refractivity contribution is 6.73. The van der Waals surface area contributed by atoms with Crippen LogP contribution in [0.5, 0.6) is 11.5 Å². The molecule has 1 aliphatic carbocycles. The van der Waals surface area contributed by atoms with Crippen molar-refractivity contribution in [1.29, 1.82) is 0 Å². The Bertz CT molecular complexity index is 2000. The molecule has 0 aromatic heterocycles. The van der Waals surface area contributed by atoms with Gasteiger partial charge in [0.05, 0.1) is 29.6 Å². The summed E-state index contributed by atoms with van der Waals surface area (Å²) in [7, 11) is -2.04. The van der Waals surface area contributed by atoms with Gasteiger partial charge in [-0.1, -0.05) is 63.8 Å². The van der Waals surface area contributed by atoms with Gasteiger partial charge in [-0.2, -0.15) is 0 Å². The smallest absolute Gasteiger partial charge is 0.361 e. The molecule has 1 N–H and O–H groups in total. The summed E-state index contributed by atoms with van der Waals surface area (Å²) < 4.78 is 18.5. The largest absolute Gasteiger partial charge is 0.480 e. The molecule has 2 aliphatic heterocycles. The average molecular weight is 709 g/mol. The standard InChI is InChI=1S/C39H40N2O9Si/c1-6-51(7-2,8-3)50-24(5)33-35-23(4)28(36(40(35)38(33)44)39(45)49-27-17-15-26(16-18-27)41(46)47)12-10-20-48-32-13-9-11-30-34(32)29-19-14-25(22-42)21-31(29)37(30)43/h9,11,13-19,21,23-24,33,35,42H,6-8,20,22H2,1-5H3/t23-,24+,33+,35+/m0/s1. The van der Waals surface area contributed by atoms with Crippen molar-refractivity contribution in [3.05, 3.63) is 98.7 Å². The summed E-state index contributed by atoms with van der Waals surface area (Å²) in [5, 5.41) is 20.7. The number of benzene rings is 3. The minimum atomic E-state index is -2.04. The second-order valence-electron chi connectivity index (χ2n) is 13.1. The number of non-ortho nitro benzene ring substituents is 1. The number of rotatable bonds is 12. The molecular formula is C39H40N2O9Si. The number of amides is 1. The Morgan fingerprint density at radius 3 is 2.37 bits per heavy atom. The topological polar surface area (TPSA) is 146 Å². The van der Waals surface area contributed by atoms with Gasteiger partial charge < -0.3 is 23.9 Å². The third kappa shape index (κ3) is 6.26. The number of hydrogen-bond donors (Lipinski definition) is 1. The lowest BCUT2D eigenvalue weighted by molar-refractivity contribution is -0.384. The van der Waals surface area contributed by atoms with E-state index < -0.39 is 25.1 Å². The number of nitro benzene ring substituents is 1. The van der Waals surface area contributed by atoms with Crippen LogP contribution in [-0.4, -0.2) is 59.7 Å². The molecule has 264 valence electrons. The van der Waals surface area contributed by atoms with E-state index in [1.165, 1.54) is 29.2 Å². The molecule has 0 saturated carbocycles. The normalized spacial score (nSPS) is 19.4. The highest BCUT2D eigenvalue weighted by atomic mass is 28.4. The zero-order valence-corrected chi connectivity index (χ0v) is 30.2. The number of hydrogen-bond acceptors (Lipinski definition) is 9. The number of ether oxygens (including phenoxy) is 2. The van der Waals surface area contributed by atoms with Gasteiger partial charge in [0, 0.05) is 40.3 Å². The fraction of sp³-hybridized carbons (Fsp3) is 0.359. The predicted molar refractivity (Wildman–Crippen MR) is 191 cm³/mol. The van der Waals surface area contributed by atoms with Crippen molar-refractivity contribution in [1.82, 2.24) is 4.90 Å². The van der Waals surface area contributed by atoms with Crippen molar-refractivity contribution in [3.8, 4) is 34.5 Å². The Morgan fingerprint density at radius 2 is 1.73 bits per heavy atom. The Balaban J connectivity index is 1.28. The fourth-order valence-corrected chi connectivity index (χ4v) is 10.5. The SMILES string of the molecule is CC[Si](CC)(CC)O[C@H](C)[C@H]1C(=O)N2C(C(=O)Oc3ccc([N+](=O)[O-])cc3)=C(C#CCOc3cccc4c3-c3ccc(CO)cc3C4=O)[C@H](C)[C@H]12. The van der Waals surface area contributed by atoms with Crippen LogP contribution in [0.4, 0.5) is 5.69 Å². The molecule has 12 heteroatoms. The zero-order chi connectivity index (χ0) is 36.6. The van der Waals surface area contributed by atoms with Crippen molar-refractivity contribution in [2.45, 2.75) is 71.5 Å². The number of esters is 1. The van der Waals surface area contributed by atoms with Crippen LogP contribution in [0.25, 0.3) is 11.1 Å². The quantitative estimate of drug-likeness (QED) is 0.0335. The van der Waals surface area contributed by atoms with Gasteiger partial charge in [-0.05, 0) is 60.4 Å². The number of aliphatic hydroxyl groups excluding tert-OH is 1.